The van der Waals surface area contributed by atoms with Crippen LogP contribution in [0.2, 0.25) is 0 Å². The molecule has 0 spiro atoms. The van der Waals surface area contributed by atoms with Crippen molar-refractivity contribution in [2.75, 3.05) is 19.8 Å². The van der Waals surface area contributed by atoms with E-state index < -0.39 is 11.9 Å². The van der Waals surface area contributed by atoms with Crippen molar-refractivity contribution in [2.45, 2.75) is 44.7 Å². The van der Waals surface area contributed by atoms with Crippen LogP contribution in [-0.4, -0.2) is 51.9 Å². The molecule has 1 aromatic heterocycles. The first kappa shape index (κ1) is 14.5. The predicted octanol–water partition coefficient (Wildman–Crippen LogP) is 1.26. The van der Waals surface area contributed by atoms with Gasteiger partial charge in [-0.2, -0.15) is 4.98 Å². The molecule has 2 unspecified atom stereocenters. The van der Waals surface area contributed by atoms with E-state index in [2.05, 4.69) is 22.0 Å². The molecule has 1 N–H and O–H groups in total. The van der Waals surface area contributed by atoms with Crippen molar-refractivity contribution in [3.05, 3.63) is 11.7 Å². The van der Waals surface area contributed by atoms with E-state index in [1.165, 1.54) is 0 Å². The van der Waals surface area contributed by atoms with Gasteiger partial charge in [-0.25, -0.2) is 0 Å². The van der Waals surface area contributed by atoms with Crippen molar-refractivity contribution in [3.8, 4) is 0 Å². The highest BCUT2D eigenvalue weighted by Gasteiger charge is 2.38. The van der Waals surface area contributed by atoms with Gasteiger partial charge in [-0.15, -0.1) is 0 Å². The number of carboxylic acids is 1. The quantitative estimate of drug-likeness (QED) is 0.810. The Labute approximate surface area is 123 Å². The summed E-state index contributed by atoms with van der Waals surface area (Å²) in [6.07, 6.45) is 3.19. The molecule has 0 amide bonds. The van der Waals surface area contributed by atoms with E-state index in [-0.39, 0.29) is 12.6 Å². The molecular weight excluding hydrogens is 274 g/mol. The topological polar surface area (TPSA) is 88.7 Å². The van der Waals surface area contributed by atoms with Crippen molar-refractivity contribution < 1.29 is 19.2 Å². The zero-order chi connectivity index (χ0) is 14.8. The molecule has 7 nitrogen and oxygen atoms in total. The molecule has 3 rings (SSSR count). The number of ether oxygens (including phenoxy) is 1. The number of carboxylic acid groups (broad SMARTS) is 1. The van der Waals surface area contributed by atoms with Gasteiger partial charge in [0, 0.05) is 12.0 Å². The third-order valence-electron chi connectivity index (χ3n) is 4.10. The molecule has 1 saturated carbocycles. The molecule has 21 heavy (non-hydrogen) atoms. The molecule has 1 aliphatic heterocycles. The molecule has 1 aromatic rings. The fourth-order valence-electron chi connectivity index (χ4n) is 2.80. The number of aromatic nitrogens is 2. The minimum atomic E-state index is -0.801. The van der Waals surface area contributed by atoms with Gasteiger partial charge in [0.15, 0.2) is 5.82 Å². The average Bonchev–Trinajstić information content (AvgIpc) is 3.01. The van der Waals surface area contributed by atoms with Crippen LogP contribution in [0.4, 0.5) is 0 Å². The Balaban J connectivity index is 1.69. The Morgan fingerprint density at radius 1 is 1.43 bits per heavy atom. The summed E-state index contributed by atoms with van der Waals surface area (Å²) < 4.78 is 10.6. The van der Waals surface area contributed by atoms with Crippen LogP contribution in [0.1, 0.15) is 43.8 Å². The molecule has 2 atom stereocenters. The van der Waals surface area contributed by atoms with Crippen LogP contribution < -0.4 is 0 Å². The Hall–Kier alpha value is -1.47. The van der Waals surface area contributed by atoms with Crippen molar-refractivity contribution in [2.24, 2.45) is 5.92 Å². The van der Waals surface area contributed by atoms with Gasteiger partial charge >= 0.3 is 5.97 Å². The fourth-order valence-corrected chi connectivity index (χ4v) is 2.80. The second-order valence-corrected chi connectivity index (χ2v) is 5.84. The number of carbonyl (C=O) groups is 1. The zero-order valence-electron chi connectivity index (χ0n) is 12.2. The van der Waals surface area contributed by atoms with Crippen LogP contribution in [0.25, 0.3) is 0 Å². The van der Waals surface area contributed by atoms with Crippen LogP contribution in [0.3, 0.4) is 0 Å². The van der Waals surface area contributed by atoms with E-state index in [0.717, 1.165) is 31.7 Å². The van der Waals surface area contributed by atoms with E-state index in [9.17, 15) is 9.90 Å². The lowest BCUT2D eigenvalue weighted by molar-refractivity contribution is -0.143. The predicted molar refractivity (Wildman–Crippen MR) is 72.7 cm³/mol. The zero-order valence-corrected chi connectivity index (χ0v) is 12.2. The summed E-state index contributed by atoms with van der Waals surface area (Å²) in [5.74, 6) is 0.518. The highest BCUT2D eigenvalue weighted by atomic mass is 16.5. The smallest absolute Gasteiger partial charge is 0.310 e. The molecule has 0 aromatic carbocycles. The summed E-state index contributed by atoms with van der Waals surface area (Å²) in [7, 11) is 0. The minimum Gasteiger partial charge on any atom is -0.481 e. The van der Waals surface area contributed by atoms with Crippen LogP contribution in [0.5, 0.6) is 0 Å². The van der Waals surface area contributed by atoms with Gasteiger partial charge in [0.2, 0.25) is 5.89 Å². The SMILES string of the molecule is CCCN(Cc1noc(C2CC2)n1)C1COCC1C(=O)O. The fraction of sp³-hybridized carbons (Fsp3) is 0.786. The third kappa shape index (κ3) is 3.24. The lowest BCUT2D eigenvalue weighted by atomic mass is 10.0. The monoisotopic (exact) mass is 295 g/mol. The minimum absolute atomic E-state index is 0.120. The van der Waals surface area contributed by atoms with Crippen molar-refractivity contribution in [3.63, 3.8) is 0 Å². The van der Waals surface area contributed by atoms with Crippen molar-refractivity contribution in [1.29, 1.82) is 0 Å². The largest absolute Gasteiger partial charge is 0.481 e. The second kappa shape index (κ2) is 6.11. The molecule has 0 bridgehead atoms. The van der Waals surface area contributed by atoms with Gasteiger partial charge in [0.25, 0.3) is 0 Å². The summed E-state index contributed by atoms with van der Waals surface area (Å²) in [6.45, 7) is 4.11. The lowest BCUT2D eigenvalue weighted by Gasteiger charge is -2.28. The van der Waals surface area contributed by atoms with Gasteiger partial charge in [0.05, 0.1) is 25.7 Å². The van der Waals surface area contributed by atoms with Gasteiger partial charge in [0.1, 0.15) is 0 Å². The summed E-state index contributed by atoms with van der Waals surface area (Å²) in [6, 6.07) is -0.120. The van der Waals surface area contributed by atoms with Gasteiger partial charge in [-0.05, 0) is 25.8 Å². The van der Waals surface area contributed by atoms with Crippen molar-refractivity contribution in [1.82, 2.24) is 15.0 Å². The van der Waals surface area contributed by atoms with E-state index in [1.54, 1.807) is 0 Å². The maximum absolute atomic E-state index is 11.3. The highest BCUT2D eigenvalue weighted by Crippen LogP contribution is 2.38. The van der Waals surface area contributed by atoms with E-state index >= 15 is 0 Å². The van der Waals surface area contributed by atoms with Gasteiger partial charge < -0.3 is 14.4 Å². The molecule has 2 heterocycles. The van der Waals surface area contributed by atoms with Crippen LogP contribution >= 0.6 is 0 Å². The first-order chi connectivity index (χ1) is 10.2. The lowest BCUT2D eigenvalue weighted by Crippen LogP contribution is -2.43. The summed E-state index contributed by atoms with van der Waals surface area (Å²) in [5, 5.41) is 13.3. The molecule has 0 radical (unpaired) electrons. The third-order valence-corrected chi connectivity index (χ3v) is 4.10. The van der Waals surface area contributed by atoms with Gasteiger partial charge in [-0.1, -0.05) is 12.1 Å². The molecular formula is C14H21N3O4. The average molecular weight is 295 g/mol. The summed E-state index contributed by atoms with van der Waals surface area (Å²) in [4.78, 5) is 17.9. The Morgan fingerprint density at radius 2 is 2.24 bits per heavy atom. The maximum Gasteiger partial charge on any atom is 0.310 e. The number of hydrogen-bond donors (Lipinski definition) is 1. The van der Waals surface area contributed by atoms with E-state index in [1.807, 2.05) is 0 Å². The number of nitrogens with zero attached hydrogens (tertiary/aromatic N) is 3. The van der Waals surface area contributed by atoms with E-state index in [4.69, 9.17) is 9.26 Å². The number of hydrogen-bond acceptors (Lipinski definition) is 6. The molecule has 1 saturated heterocycles. The van der Waals surface area contributed by atoms with Crippen molar-refractivity contribution >= 4 is 5.97 Å². The summed E-state index contributed by atoms with van der Waals surface area (Å²) >= 11 is 0. The molecule has 2 aliphatic rings. The Morgan fingerprint density at radius 3 is 2.90 bits per heavy atom. The first-order valence-electron chi connectivity index (χ1n) is 7.56. The highest BCUT2D eigenvalue weighted by molar-refractivity contribution is 5.71. The first-order valence-corrected chi connectivity index (χ1v) is 7.56. The number of rotatable bonds is 7. The van der Waals surface area contributed by atoms with E-state index in [0.29, 0.717) is 24.9 Å². The normalized spacial score (nSPS) is 25.6. The molecule has 7 heteroatoms. The van der Waals surface area contributed by atoms with Crippen LogP contribution in [0.15, 0.2) is 4.52 Å². The maximum atomic E-state index is 11.3. The van der Waals surface area contributed by atoms with Crippen LogP contribution in [0, 0.1) is 5.92 Å². The number of aliphatic carboxylic acids is 1. The van der Waals surface area contributed by atoms with Gasteiger partial charge in [-0.3, -0.25) is 9.69 Å². The Kier molecular flexibility index (Phi) is 4.21. The van der Waals surface area contributed by atoms with Crippen LogP contribution in [-0.2, 0) is 16.1 Å². The molecule has 116 valence electrons. The molecule has 2 fully saturated rings. The Bertz CT molecular complexity index is 500. The standard InChI is InChI=1S/C14H21N3O4/c1-2-5-17(11-8-20-7-10(11)14(18)19)6-12-15-13(21-16-12)9-3-4-9/h9-11H,2-8H2,1H3,(H,18,19). The molecule has 1 aliphatic carbocycles. The second-order valence-electron chi connectivity index (χ2n) is 5.84. The summed E-state index contributed by atoms with van der Waals surface area (Å²) in [5.41, 5.74) is 0.